The van der Waals surface area contributed by atoms with Crippen LogP contribution in [-0.4, -0.2) is 29.8 Å². The van der Waals surface area contributed by atoms with Crippen LogP contribution in [0.25, 0.3) is 0 Å². The topological polar surface area (TPSA) is 49.4 Å². The molecule has 2 aromatic carbocycles. The summed E-state index contributed by atoms with van der Waals surface area (Å²) in [6.07, 6.45) is 1.40. The Balaban J connectivity index is 1.53. The van der Waals surface area contributed by atoms with Gasteiger partial charge in [-0.2, -0.15) is 0 Å². The molecule has 0 unspecified atom stereocenters. The molecule has 1 heterocycles. The van der Waals surface area contributed by atoms with E-state index in [1.54, 1.807) is 0 Å². The van der Waals surface area contributed by atoms with Crippen molar-refractivity contribution in [1.82, 2.24) is 4.90 Å². The fraction of sp³-hybridized carbons (Fsp3) is 0.417. The maximum absolute atomic E-state index is 12.6. The monoisotopic (exact) mass is 378 g/mol. The van der Waals surface area contributed by atoms with E-state index in [9.17, 15) is 9.59 Å². The number of nitrogens with one attached hydrogen (secondary N) is 1. The average Bonchev–Trinajstić information content (AvgIpc) is 2.68. The summed E-state index contributed by atoms with van der Waals surface area (Å²) >= 11 is 0. The molecule has 2 aromatic rings. The van der Waals surface area contributed by atoms with Gasteiger partial charge in [0.15, 0.2) is 0 Å². The number of aryl methyl sites for hydroxylation is 1. The van der Waals surface area contributed by atoms with Gasteiger partial charge in [0.25, 0.3) is 5.91 Å². The van der Waals surface area contributed by atoms with Crippen LogP contribution >= 0.6 is 0 Å². The molecule has 3 rings (SSSR count). The van der Waals surface area contributed by atoms with Gasteiger partial charge in [0.05, 0.1) is 0 Å². The molecule has 0 spiro atoms. The Kier molecular flexibility index (Phi) is 5.87. The third-order valence-corrected chi connectivity index (χ3v) is 5.47. The van der Waals surface area contributed by atoms with Crippen molar-refractivity contribution < 1.29 is 9.59 Å². The predicted octanol–water partition coefficient (Wildman–Crippen LogP) is 4.78. The standard InChI is InChI=1S/C24H30N2O2/c1-17-5-7-19(8-6-17)23(28)26-15-13-18(14-16-26)22(27)25-21-11-9-20(10-12-21)24(2,3)4/h5-12,18H,13-16H2,1-4H3,(H,25,27). The van der Waals surface area contributed by atoms with E-state index in [0.717, 1.165) is 11.3 Å². The third-order valence-electron chi connectivity index (χ3n) is 5.47. The van der Waals surface area contributed by atoms with Crippen molar-refractivity contribution in [3.63, 3.8) is 0 Å². The number of carbonyl (C=O) groups is 2. The number of likely N-dealkylation sites (tertiary alicyclic amines) is 1. The number of amides is 2. The van der Waals surface area contributed by atoms with E-state index < -0.39 is 0 Å². The van der Waals surface area contributed by atoms with Gasteiger partial charge in [-0.1, -0.05) is 50.6 Å². The van der Waals surface area contributed by atoms with Gasteiger partial charge in [-0.25, -0.2) is 0 Å². The minimum Gasteiger partial charge on any atom is -0.339 e. The van der Waals surface area contributed by atoms with Crippen LogP contribution in [0.5, 0.6) is 0 Å². The maximum Gasteiger partial charge on any atom is 0.253 e. The highest BCUT2D eigenvalue weighted by Gasteiger charge is 2.28. The van der Waals surface area contributed by atoms with Gasteiger partial charge < -0.3 is 10.2 Å². The van der Waals surface area contributed by atoms with Gasteiger partial charge in [0.1, 0.15) is 0 Å². The van der Waals surface area contributed by atoms with Crippen LogP contribution in [0.4, 0.5) is 5.69 Å². The first-order chi connectivity index (χ1) is 13.2. The smallest absolute Gasteiger partial charge is 0.253 e. The molecule has 2 amide bonds. The maximum atomic E-state index is 12.6. The van der Waals surface area contributed by atoms with Crippen molar-refractivity contribution in [3.8, 4) is 0 Å². The fourth-order valence-electron chi connectivity index (χ4n) is 3.52. The lowest BCUT2D eigenvalue weighted by Crippen LogP contribution is -2.41. The van der Waals surface area contributed by atoms with Crippen molar-refractivity contribution in [3.05, 3.63) is 65.2 Å². The minimum atomic E-state index is -0.0515. The fourth-order valence-corrected chi connectivity index (χ4v) is 3.52. The molecule has 1 saturated heterocycles. The molecule has 1 fully saturated rings. The summed E-state index contributed by atoms with van der Waals surface area (Å²) < 4.78 is 0. The quantitative estimate of drug-likeness (QED) is 0.835. The molecule has 4 nitrogen and oxygen atoms in total. The molecular weight excluding hydrogens is 348 g/mol. The molecule has 0 aliphatic carbocycles. The Labute approximate surface area is 167 Å². The molecule has 0 aromatic heterocycles. The molecule has 0 saturated carbocycles. The van der Waals surface area contributed by atoms with Gasteiger partial charge in [0.2, 0.25) is 5.91 Å². The first kappa shape index (κ1) is 20.1. The van der Waals surface area contributed by atoms with Gasteiger partial charge in [0, 0.05) is 30.3 Å². The zero-order valence-corrected chi connectivity index (χ0v) is 17.3. The van der Waals surface area contributed by atoms with Crippen molar-refractivity contribution in [2.24, 2.45) is 5.92 Å². The summed E-state index contributed by atoms with van der Waals surface area (Å²) in [7, 11) is 0. The number of carbonyl (C=O) groups excluding carboxylic acids is 2. The van der Waals surface area contributed by atoms with Crippen LogP contribution in [0, 0.1) is 12.8 Å². The summed E-state index contributed by atoms with van der Waals surface area (Å²) in [5, 5.41) is 3.03. The van der Waals surface area contributed by atoms with E-state index in [-0.39, 0.29) is 23.1 Å². The lowest BCUT2D eigenvalue weighted by atomic mass is 9.87. The molecular formula is C24H30N2O2. The van der Waals surface area contributed by atoms with E-state index in [0.29, 0.717) is 31.5 Å². The van der Waals surface area contributed by atoms with Gasteiger partial charge in [-0.3, -0.25) is 9.59 Å². The van der Waals surface area contributed by atoms with Crippen LogP contribution in [-0.2, 0) is 10.2 Å². The van der Waals surface area contributed by atoms with Crippen LogP contribution in [0.2, 0.25) is 0 Å². The lowest BCUT2D eigenvalue weighted by molar-refractivity contribution is -0.121. The summed E-state index contributed by atoms with van der Waals surface area (Å²) in [6.45, 7) is 9.77. The molecule has 1 aliphatic rings. The summed E-state index contributed by atoms with van der Waals surface area (Å²) in [5.41, 5.74) is 4.03. The first-order valence-corrected chi connectivity index (χ1v) is 10.0. The number of piperidine rings is 1. The zero-order chi connectivity index (χ0) is 20.3. The Morgan fingerprint density at radius 3 is 2.04 bits per heavy atom. The van der Waals surface area contributed by atoms with Crippen LogP contribution in [0.15, 0.2) is 48.5 Å². The number of benzene rings is 2. The highest BCUT2D eigenvalue weighted by molar-refractivity contribution is 5.95. The Bertz CT molecular complexity index is 824. The normalized spacial score (nSPS) is 15.4. The largest absolute Gasteiger partial charge is 0.339 e. The van der Waals surface area contributed by atoms with Crippen LogP contribution in [0.1, 0.15) is 55.1 Å². The number of hydrogen-bond donors (Lipinski definition) is 1. The number of rotatable bonds is 3. The summed E-state index contributed by atoms with van der Waals surface area (Å²) in [5.74, 6) is 0.0481. The van der Waals surface area contributed by atoms with Gasteiger partial charge >= 0.3 is 0 Å². The second kappa shape index (κ2) is 8.17. The molecule has 148 valence electrons. The van der Waals surface area contributed by atoms with E-state index in [1.165, 1.54) is 5.56 Å². The van der Waals surface area contributed by atoms with Gasteiger partial charge in [-0.05, 0) is 55.0 Å². The Morgan fingerprint density at radius 1 is 0.929 bits per heavy atom. The average molecular weight is 379 g/mol. The van der Waals surface area contributed by atoms with E-state index in [2.05, 4.69) is 38.2 Å². The molecule has 1 aliphatic heterocycles. The summed E-state index contributed by atoms with van der Waals surface area (Å²) in [4.78, 5) is 27.1. The second-order valence-electron chi connectivity index (χ2n) is 8.75. The number of anilines is 1. The molecule has 0 bridgehead atoms. The molecule has 28 heavy (non-hydrogen) atoms. The zero-order valence-electron chi connectivity index (χ0n) is 17.3. The van der Waals surface area contributed by atoms with E-state index in [4.69, 9.17) is 0 Å². The highest BCUT2D eigenvalue weighted by atomic mass is 16.2. The van der Waals surface area contributed by atoms with Crippen molar-refractivity contribution in [1.29, 1.82) is 0 Å². The summed E-state index contributed by atoms with van der Waals surface area (Å²) in [6, 6.07) is 15.7. The lowest BCUT2D eigenvalue weighted by Gasteiger charge is -2.31. The third kappa shape index (κ3) is 4.80. The van der Waals surface area contributed by atoms with Gasteiger partial charge in [-0.15, -0.1) is 0 Å². The number of hydrogen-bond acceptors (Lipinski definition) is 2. The van der Waals surface area contributed by atoms with Crippen LogP contribution in [0.3, 0.4) is 0 Å². The van der Waals surface area contributed by atoms with Crippen molar-refractivity contribution >= 4 is 17.5 Å². The SMILES string of the molecule is Cc1ccc(C(=O)N2CCC(C(=O)Nc3ccc(C(C)(C)C)cc3)CC2)cc1. The van der Waals surface area contributed by atoms with E-state index >= 15 is 0 Å². The first-order valence-electron chi connectivity index (χ1n) is 10.0. The Morgan fingerprint density at radius 2 is 1.50 bits per heavy atom. The number of nitrogens with zero attached hydrogens (tertiary/aromatic N) is 1. The Hall–Kier alpha value is -2.62. The molecule has 4 heteroatoms. The minimum absolute atomic E-state index is 0.0472. The molecule has 1 N–H and O–H groups in total. The molecule has 0 radical (unpaired) electrons. The highest BCUT2D eigenvalue weighted by Crippen LogP contribution is 2.25. The van der Waals surface area contributed by atoms with Crippen molar-refractivity contribution in [2.75, 3.05) is 18.4 Å². The van der Waals surface area contributed by atoms with Crippen molar-refractivity contribution in [2.45, 2.75) is 46.0 Å². The van der Waals surface area contributed by atoms with Crippen LogP contribution < -0.4 is 5.32 Å². The second-order valence-corrected chi connectivity index (χ2v) is 8.75. The molecule has 0 atom stereocenters. The predicted molar refractivity (Wildman–Crippen MR) is 114 cm³/mol. The van der Waals surface area contributed by atoms with E-state index in [1.807, 2.05) is 48.2 Å².